The standard InChI is InChI=1S/C22H19N3O4S/c1-2-24-30(27,28)25-22(26)17-12-13-20(18(14-17)15-23)29-21-11-7-6-10-19(21)16-8-4-3-5-9-16/h3-14,24H,2H2,1H3,(H,25,26). The number of carbonyl (C=O) groups is 1. The van der Waals surface area contributed by atoms with Gasteiger partial charge < -0.3 is 4.74 Å². The summed E-state index contributed by atoms with van der Waals surface area (Å²) in [7, 11) is -3.96. The molecular weight excluding hydrogens is 402 g/mol. The molecule has 7 nitrogen and oxygen atoms in total. The lowest BCUT2D eigenvalue weighted by molar-refractivity contribution is 0.0981. The Bertz CT molecular complexity index is 1200. The highest BCUT2D eigenvalue weighted by molar-refractivity contribution is 7.88. The Hall–Kier alpha value is -3.67. The van der Waals surface area contributed by atoms with Crippen molar-refractivity contribution in [3.05, 3.63) is 83.9 Å². The molecule has 0 aliphatic rings. The van der Waals surface area contributed by atoms with Gasteiger partial charge in [-0.05, 0) is 29.8 Å². The number of ether oxygens (including phenoxy) is 1. The first-order valence-corrected chi connectivity index (χ1v) is 10.6. The van der Waals surface area contributed by atoms with Gasteiger partial charge in [0.2, 0.25) is 0 Å². The summed E-state index contributed by atoms with van der Waals surface area (Å²) in [6.07, 6.45) is 0. The minimum absolute atomic E-state index is 0.0247. The second-order valence-electron chi connectivity index (χ2n) is 6.22. The third-order valence-corrected chi connectivity index (χ3v) is 5.24. The van der Waals surface area contributed by atoms with Crippen molar-refractivity contribution in [2.24, 2.45) is 0 Å². The van der Waals surface area contributed by atoms with E-state index in [4.69, 9.17) is 4.74 Å². The van der Waals surface area contributed by atoms with E-state index in [1.807, 2.05) is 59.3 Å². The predicted octanol–water partition coefficient (Wildman–Crippen LogP) is 3.60. The highest BCUT2D eigenvalue weighted by Gasteiger charge is 2.17. The van der Waals surface area contributed by atoms with Gasteiger partial charge in [-0.1, -0.05) is 55.5 Å². The monoisotopic (exact) mass is 421 g/mol. The number of nitrogens with zero attached hydrogens (tertiary/aromatic N) is 1. The third-order valence-electron chi connectivity index (χ3n) is 4.12. The summed E-state index contributed by atoms with van der Waals surface area (Å²) in [6, 6.07) is 23.2. The number of hydrogen-bond donors (Lipinski definition) is 2. The van der Waals surface area contributed by atoms with Gasteiger partial charge in [-0.3, -0.25) is 4.79 Å². The number of amides is 1. The highest BCUT2D eigenvalue weighted by atomic mass is 32.2. The molecule has 0 saturated carbocycles. The minimum atomic E-state index is -3.96. The summed E-state index contributed by atoms with van der Waals surface area (Å²) in [5, 5.41) is 9.51. The molecule has 0 radical (unpaired) electrons. The van der Waals surface area contributed by atoms with Crippen LogP contribution in [-0.4, -0.2) is 20.9 Å². The average molecular weight is 421 g/mol. The zero-order valence-corrected chi connectivity index (χ0v) is 16.9. The van der Waals surface area contributed by atoms with Crippen molar-refractivity contribution in [2.45, 2.75) is 6.92 Å². The average Bonchev–Trinajstić information content (AvgIpc) is 2.74. The van der Waals surface area contributed by atoms with Crippen LogP contribution in [0.4, 0.5) is 0 Å². The first-order chi connectivity index (χ1) is 14.4. The molecule has 1 amide bonds. The number of nitrogens with one attached hydrogen (secondary N) is 2. The summed E-state index contributed by atoms with van der Waals surface area (Å²) in [6.45, 7) is 1.73. The minimum Gasteiger partial charge on any atom is -0.455 e. The molecule has 0 bridgehead atoms. The van der Waals surface area contributed by atoms with Crippen LogP contribution in [0.15, 0.2) is 72.8 Å². The molecule has 0 atom stereocenters. The number of rotatable bonds is 7. The summed E-state index contributed by atoms with van der Waals surface area (Å²) in [5.74, 6) is -0.0391. The fourth-order valence-electron chi connectivity index (χ4n) is 2.78. The molecule has 0 spiro atoms. The Labute approximate surface area is 175 Å². The zero-order chi connectivity index (χ0) is 21.6. The molecule has 3 rings (SSSR count). The van der Waals surface area contributed by atoms with Crippen molar-refractivity contribution in [1.29, 1.82) is 5.26 Å². The molecule has 2 N–H and O–H groups in total. The Morgan fingerprint density at radius 3 is 2.40 bits per heavy atom. The third kappa shape index (κ3) is 5.03. The van der Waals surface area contributed by atoms with E-state index in [1.54, 1.807) is 13.0 Å². The Balaban J connectivity index is 1.89. The van der Waals surface area contributed by atoms with Gasteiger partial charge in [-0.15, -0.1) is 0 Å². The van der Waals surface area contributed by atoms with Crippen LogP contribution < -0.4 is 14.2 Å². The summed E-state index contributed by atoms with van der Waals surface area (Å²) >= 11 is 0. The maximum Gasteiger partial charge on any atom is 0.301 e. The fourth-order valence-corrected chi connectivity index (χ4v) is 3.60. The summed E-state index contributed by atoms with van der Waals surface area (Å²) in [4.78, 5) is 12.2. The molecule has 0 aromatic heterocycles. The van der Waals surface area contributed by atoms with E-state index < -0.39 is 16.1 Å². The molecule has 0 aliphatic heterocycles. The molecule has 0 saturated heterocycles. The van der Waals surface area contributed by atoms with Crippen molar-refractivity contribution < 1.29 is 17.9 Å². The van der Waals surface area contributed by atoms with Gasteiger partial charge in [0, 0.05) is 17.7 Å². The number of benzene rings is 3. The summed E-state index contributed by atoms with van der Waals surface area (Å²) in [5.41, 5.74) is 1.93. The van der Waals surface area contributed by atoms with Crippen molar-refractivity contribution in [3.63, 3.8) is 0 Å². The molecule has 0 fully saturated rings. The number of nitriles is 1. The van der Waals surface area contributed by atoms with Gasteiger partial charge in [0.25, 0.3) is 5.91 Å². The zero-order valence-electron chi connectivity index (χ0n) is 16.1. The second-order valence-corrected chi connectivity index (χ2v) is 7.72. The SMILES string of the molecule is CCNS(=O)(=O)NC(=O)c1ccc(Oc2ccccc2-c2ccccc2)c(C#N)c1. The van der Waals surface area contributed by atoms with Gasteiger partial charge in [-0.2, -0.15) is 18.4 Å². The lowest BCUT2D eigenvalue weighted by Gasteiger charge is -2.13. The van der Waals surface area contributed by atoms with Crippen LogP contribution in [-0.2, 0) is 10.2 Å². The van der Waals surface area contributed by atoms with E-state index in [0.29, 0.717) is 5.75 Å². The predicted molar refractivity (Wildman–Crippen MR) is 113 cm³/mol. The van der Waals surface area contributed by atoms with Gasteiger partial charge in [0.1, 0.15) is 17.6 Å². The lowest BCUT2D eigenvalue weighted by Crippen LogP contribution is -2.40. The summed E-state index contributed by atoms with van der Waals surface area (Å²) < 4.78 is 33.5. The molecule has 0 heterocycles. The van der Waals surface area contributed by atoms with Crippen LogP contribution in [0, 0.1) is 11.3 Å². The van der Waals surface area contributed by atoms with Gasteiger partial charge in [-0.25, -0.2) is 4.72 Å². The van der Waals surface area contributed by atoms with E-state index in [0.717, 1.165) is 11.1 Å². The maximum absolute atomic E-state index is 12.2. The van der Waals surface area contributed by atoms with E-state index >= 15 is 0 Å². The van der Waals surface area contributed by atoms with Gasteiger partial charge in [0.15, 0.2) is 0 Å². The number of carbonyl (C=O) groups excluding carboxylic acids is 1. The van der Waals surface area contributed by atoms with Crippen molar-refractivity contribution >= 4 is 16.1 Å². The topological polar surface area (TPSA) is 108 Å². The van der Waals surface area contributed by atoms with E-state index in [2.05, 4.69) is 4.72 Å². The van der Waals surface area contributed by atoms with Crippen molar-refractivity contribution in [3.8, 4) is 28.7 Å². The first kappa shape index (κ1) is 21.0. The Morgan fingerprint density at radius 2 is 1.70 bits per heavy atom. The van der Waals surface area contributed by atoms with Crippen LogP contribution >= 0.6 is 0 Å². The first-order valence-electron chi connectivity index (χ1n) is 9.11. The molecule has 0 aliphatic carbocycles. The molecule has 0 unspecified atom stereocenters. The van der Waals surface area contributed by atoms with Crippen LogP contribution in [0.1, 0.15) is 22.8 Å². The van der Waals surface area contributed by atoms with Gasteiger partial charge in [0.05, 0.1) is 5.56 Å². The number of para-hydroxylation sites is 1. The Morgan fingerprint density at radius 1 is 1.00 bits per heavy atom. The van der Waals surface area contributed by atoms with Crippen LogP contribution in [0.25, 0.3) is 11.1 Å². The van der Waals surface area contributed by atoms with Crippen molar-refractivity contribution in [1.82, 2.24) is 9.44 Å². The van der Waals surface area contributed by atoms with Gasteiger partial charge >= 0.3 is 10.2 Å². The van der Waals surface area contributed by atoms with E-state index in [9.17, 15) is 18.5 Å². The largest absolute Gasteiger partial charge is 0.455 e. The molecule has 3 aromatic rings. The highest BCUT2D eigenvalue weighted by Crippen LogP contribution is 2.34. The molecular formula is C22H19N3O4S. The van der Waals surface area contributed by atoms with Crippen LogP contribution in [0.2, 0.25) is 0 Å². The Kier molecular flexibility index (Phi) is 6.47. The number of hydrogen-bond acceptors (Lipinski definition) is 5. The van der Waals surface area contributed by atoms with Crippen LogP contribution in [0.3, 0.4) is 0 Å². The van der Waals surface area contributed by atoms with Crippen LogP contribution in [0.5, 0.6) is 11.5 Å². The normalized spacial score (nSPS) is 10.8. The molecule has 8 heteroatoms. The molecule has 30 heavy (non-hydrogen) atoms. The van der Waals surface area contributed by atoms with E-state index in [-0.39, 0.29) is 23.4 Å². The lowest BCUT2D eigenvalue weighted by atomic mass is 10.0. The maximum atomic E-state index is 12.2. The second kappa shape index (κ2) is 9.22. The molecule has 3 aromatic carbocycles. The quantitative estimate of drug-likeness (QED) is 0.606. The van der Waals surface area contributed by atoms with Crippen molar-refractivity contribution in [2.75, 3.05) is 6.54 Å². The van der Waals surface area contributed by atoms with E-state index in [1.165, 1.54) is 18.2 Å². The smallest absolute Gasteiger partial charge is 0.301 e. The fraction of sp³-hybridized carbons (Fsp3) is 0.0909. The molecule has 152 valence electrons.